The summed E-state index contributed by atoms with van der Waals surface area (Å²) in [5.74, 6) is -1.77. The normalized spacial score (nSPS) is 31.1. The minimum absolute atomic E-state index is 0.212. The Bertz CT molecular complexity index is 703. The number of hydrogen-bond donors (Lipinski definition) is 1. The van der Waals surface area contributed by atoms with E-state index in [1.54, 1.807) is 6.20 Å². The van der Waals surface area contributed by atoms with Crippen molar-refractivity contribution < 1.29 is 18.8 Å². The molecule has 0 aromatic carbocycles. The van der Waals surface area contributed by atoms with Crippen molar-refractivity contribution in [3.8, 4) is 0 Å². The molecular weight excluding hydrogens is 299 g/mol. The summed E-state index contributed by atoms with van der Waals surface area (Å²) in [6.07, 6.45) is 8.20. The lowest BCUT2D eigenvalue weighted by atomic mass is 9.73. The van der Waals surface area contributed by atoms with E-state index >= 15 is 0 Å². The molecule has 2 aliphatic carbocycles. The maximum atomic E-state index is 13.9. The van der Waals surface area contributed by atoms with Gasteiger partial charge in [0.05, 0.1) is 5.92 Å². The van der Waals surface area contributed by atoms with E-state index in [-0.39, 0.29) is 24.1 Å². The van der Waals surface area contributed by atoms with Gasteiger partial charge in [0, 0.05) is 12.6 Å². The Morgan fingerprint density at radius 1 is 1.13 bits per heavy atom. The number of fused-ring (bicyclic) bond motifs is 1. The number of hydrogen-bond acceptors (Lipinski definition) is 3. The molecule has 4 rings (SSSR count). The third-order valence-corrected chi connectivity index (χ3v) is 5.18. The molecule has 1 saturated carbocycles. The summed E-state index contributed by atoms with van der Waals surface area (Å²) in [5, 5.41) is 2.27. The number of nitrogens with one attached hydrogen (secondary N) is 1. The molecule has 6 heteroatoms. The van der Waals surface area contributed by atoms with Gasteiger partial charge in [0.15, 0.2) is 0 Å². The number of nitrogens with zero attached hydrogens (tertiary/aromatic N) is 1. The number of halogens is 1. The van der Waals surface area contributed by atoms with Crippen molar-refractivity contribution in [1.29, 1.82) is 0 Å². The van der Waals surface area contributed by atoms with E-state index in [0.717, 1.165) is 30.4 Å². The number of amides is 3. The molecule has 23 heavy (non-hydrogen) atoms. The van der Waals surface area contributed by atoms with Gasteiger partial charge in [0.25, 0.3) is 0 Å². The summed E-state index contributed by atoms with van der Waals surface area (Å²) in [5.41, 5.74) is 1.70. The molecule has 0 spiro atoms. The third kappa shape index (κ3) is 2.24. The molecule has 2 fully saturated rings. The zero-order chi connectivity index (χ0) is 16.1. The molecule has 3 amide bonds. The molecule has 0 aromatic rings. The Morgan fingerprint density at radius 2 is 1.91 bits per heavy atom. The van der Waals surface area contributed by atoms with Gasteiger partial charge in [0.1, 0.15) is 11.9 Å². The SMILES string of the molecule is O=C1CCC(N2C=C3C(C4CCC4)=CC(F)=CC3C2=O)C(=O)N1. The lowest BCUT2D eigenvalue weighted by Gasteiger charge is -2.31. The van der Waals surface area contributed by atoms with E-state index in [9.17, 15) is 18.8 Å². The van der Waals surface area contributed by atoms with Crippen LogP contribution in [0.5, 0.6) is 0 Å². The van der Waals surface area contributed by atoms with Crippen LogP contribution in [-0.4, -0.2) is 28.7 Å². The average Bonchev–Trinajstić information content (AvgIpc) is 2.75. The highest BCUT2D eigenvalue weighted by molar-refractivity contribution is 6.03. The summed E-state index contributed by atoms with van der Waals surface area (Å²) in [6, 6.07) is -0.683. The van der Waals surface area contributed by atoms with Crippen LogP contribution in [0, 0.1) is 11.8 Å². The predicted molar refractivity (Wildman–Crippen MR) is 79.2 cm³/mol. The van der Waals surface area contributed by atoms with Gasteiger partial charge in [-0.25, -0.2) is 4.39 Å². The van der Waals surface area contributed by atoms with Crippen LogP contribution < -0.4 is 5.32 Å². The van der Waals surface area contributed by atoms with Crippen LogP contribution in [0.4, 0.5) is 4.39 Å². The Hall–Kier alpha value is -2.24. The van der Waals surface area contributed by atoms with E-state index < -0.39 is 17.9 Å². The summed E-state index contributed by atoms with van der Waals surface area (Å²) < 4.78 is 13.9. The average molecular weight is 316 g/mol. The van der Waals surface area contributed by atoms with Gasteiger partial charge in [-0.15, -0.1) is 0 Å². The first kappa shape index (κ1) is 14.4. The van der Waals surface area contributed by atoms with E-state index in [0.29, 0.717) is 12.3 Å². The number of piperidine rings is 1. The van der Waals surface area contributed by atoms with Gasteiger partial charge >= 0.3 is 0 Å². The van der Waals surface area contributed by atoms with Crippen molar-refractivity contribution in [3.05, 3.63) is 35.3 Å². The van der Waals surface area contributed by atoms with E-state index in [1.807, 2.05) is 0 Å². The standard InChI is InChI=1S/C17H17FN2O3/c18-10-6-11(9-2-1-3-9)13-8-20(17(23)12(13)7-10)14-4-5-15(21)19-16(14)22/h6-9,12,14H,1-5H2,(H,19,21,22). The van der Waals surface area contributed by atoms with Gasteiger partial charge < -0.3 is 4.90 Å². The van der Waals surface area contributed by atoms with Gasteiger partial charge in [0.2, 0.25) is 17.7 Å². The van der Waals surface area contributed by atoms with Crippen LogP contribution in [0.2, 0.25) is 0 Å². The molecule has 2 atom stereocenters. The molecule has 4 aliphatic rings. The minimum atomic E-state index is -0.683. The maximum absolute atomic E-state index is 13.9. The fourth-order valence-corrected chi connectivity index (χ4v) is 3.71. The molecule has 0 bridgehead atoms. The lowest BCUT2D eigenvalue weighted by Crippen LogP contribution is -2.52. The second kappa shape index (κ2) is 5.15. The van der Waals surface area contributed by atoms with Crippen LogP contribution in [0.15, 0.2) is 35.3 Å². The molecule has 1 saturated heterocycles. The van der Waals surface area contributed by atoms with Crippen molar-refractivity contribution in [3.63, 3.8) is 0 Å². The van der Waals surface area contributed by atoms with Crippen LogP contribution >= 0.6 is 0 Å². The Morgan fingerprint density at radius 3 is 2.57 bits per heavy atom. The summed E-state index contributed by atoms with van der Waals surface area (Å²) >= 11 is 0. The first-order chi connectivity index (χ1) is 11.0. The van der Waals surface area contributed by atoms with Gasteiger partial charge in [-0.2, -0.15) is 0 Å². The predicted octanol–water partition coefficient (Wildman–Crippen LogP) is 1.73. The third-order valence-electron chi connectivity index (χ3n) is 5.18. The molecular formula is C17H17FN2O3. The smallest absolute Gasteiger partial charge is 0.249 e. The summed E-state index contributed by atoms with van der Waals surface area (Å²) in [7, 11) is 0. The van der Waals surface area contributed by atoms with Crippen molar-refractivity contribution in [1.82, 2.24) is 10.2 Å². The fourth-order valence-electron chi connectivity index (χ4n) is 3.71. The number of rotatable bonds is 2. The molecule has 2 aliphatic heterocycles. The van der Waals surface area contributed by atoms with Crippen LogP contribution in [0.25, 0.3) is 0 Å². The zero-order valence-electron chi connectivity index (χ0n) is 12.5. The number of carbonyl (C=O) groups is 3. The summed E-state index contributed by atoms with van der Waals surface area (Å²) in [6.45, 7) is 0. The quantitative estimate of drug-likeness (QED) is 0.789. The molecule has 2 heterocycles. The molecule has 5 nitrogen and oxygen atoms in total. The molecule has 1 N–H and O–H groups in total. The molecule has 0 radical (unpaired) electrons. The van der Waals surface area contributed by atoms with Crippen molar-refractivity contribution in [2.24, 2.45) is 11.8 Å². The Kier molecular flexibility index (Phi) is 3.21. The fraction of sp³-hybridized carbons (Fsp3) is 0.471. The Labute approximate surface area is 132 Å². The topological polar surface area (TPSA) is 66.5 Å². The second-order valence-corrected chi connectivity index (χ2v) is 6.55. The maximum Gasteiger partial charge on any atom is 0.249 e. The van der Waals surface area contributed by atoms with Crippen LogP contribution in [-0.2, 0) is 14.4 Å². The minimum Gasteiger partial charge on any atom is -0.305 e. The Balaban J connectivity index is 1.66. The monoisotopic (exact) mass is 316 g/mol. The molecule has 0 aromatic heterocycles. The summed E-state index contributed by atoms with van der Waals surface area (Å²) in [4.78, 5) is 37.4. The van der Waals surface area contributed by atoms with Crippen LogP contribution in [0.3, 0.4) is 0 Å². The first-order valence-electron chi connectivity index (χ1n) is 8.01. The first-order valence-corrected chi connectivity index (χ1v) is 8.01. The van der Waals surface area contributed by atoms with Gasteiger partial charge in [-0.1, -0.05) is 6.42 Å². The largest absolute Gasteiger partial charge is 0.305 e. The van der Waals surface area contributed by atoms with Crippen molar-refractivity contribution in [2.45, 2.75) is 38.1 Å². The van der Waals surface area contributed by atoms with E-state index in [2.05, 4.69) is 5.32 Å². The highest BCUT2D eigenvalue weighted by Crippen LogP contribution is 2.45. The molecule has 2 unspecified atom stereocenters. The van der Waals surface area contributed by atoms with Crippen molar-refractivity contribution >= 4 is 17.7 Å². The number of allylic oxidation sites excluding steroid dienone is 3. The number of imide groups is 1. The lowest BCUT2D eigenvalue weighted by molar-refractivity contribution is -0.143. The zero-order valence-corrected chi connectivity index (χ0v) is 12.5. The highest BCUT2D eigenvalue weighted by atomic mass is 19.1. The van der Waals surface area contributed by atoms with Gasteiger partial charge in [-0.3, -0.25) is 19.7 Å². The van der Waals surface area contributed by atoms with E-state index in [1.165, 1.54) is 17.1 Å². The van der Waals surface area contributed by atoms with E-state index in [4.69, 9.17) is 0 Å². The second-order valence-electron chi connectivity index (χ2n) is 6.55. The highest BCUT2D eigenvalue weighted by Gasteiger charge is 2.44. The number of carbonyl (C=O) groups excluding carboxylic acids is 3. The van der Waals surface area contributed by atoms with Gasteiger partial charge in [-0.05, 0) is 48.5 Å². The molecule has 120 valence electrons. The van der Waals surface area contributed by atoms with Crippen molar-refractivity contribution in [2.75, 3.05) is 0 Å². The van der Waals surface area contributed by atoms with Crippen LogP contribution in [0.1, 0.15) is 32.1 Å².